The number of benzene rings is 2. The molecule has 6 nitrogen and oxygen atoms in total. The van der Waals surface area contributed by atoms with Gasteiger partial charge in [0.25, 0.3) is 5.91 Å². The van der Waals surface area contributed by atoms with Gasteiger partial charge in [0.1, 0.15) is 12.4 Å². The van der Waals surface area contributed by atoms with Crippen LogP contribution in [0.25, 0.3) is 0 Å². The number of nitrogens with one attached hydrogen (secondary N) is 1. The highest BCUT2D eigenvalue weighted by molar-refractivity contribution is 6.00. The van der Waals surface area contributed by atoms with Crippen molar-refractivity contribution in [3.05, 3.63) is 65.7 Å². The highest BCUT2D eigenvalue weighted by Gasteiger charge is 2.44. The minimum Gasteiger partial charge on any atom is -0.494 e. The van der Waals surface area contributed by atoms with E-state index in [1.54, 1.807) is 0 Å². The van der Waals surface area contributed by atoms with Gasteiger partial charge in [-0.1, -0.05) is 30.3 Å². The first-order chi connectivity index (χ1) is 14.0. The molecule has 1 aliphatic rings. The van der Waals surface area contributed by atoms with Gasteiger partial charge in [0, 0.05) is 31.1 Å². The Bertz CT molecular complexity index is 834. The maximum Gasteiger partial charge on any atom is 0.252 e. The molecule has 0 bridgehead atoms. The van der Waals surface area contributed by atoms with Crippen molar-refractivity contribution in [3.63, 3.8) is 0 Å². The van der Waals surface area contributed by atoms with Gasteiger partial charge in [0.15, 0.2) is 5.54 Å². The number of aliphatic imine (C=N–C) groups is 1. The van der Waals surface area contributed by atoms with Crippen molar-refractivity contribution < 1.29 is 19.4 Å². The van der Waals surface area contributed by atoms with Crippen LogP contribution in [0.1, 0.15) is 31.4 Å². The Morgan fingerprint density at radius 3 is 2.59 bits per heavy atom. The van der Waals surface area contributed by atoms with Crippen LogP contribution in [0.2, 0.25) is 0 Å². The van der Waals surface area contributed by atoms with Crippen LogP contribution < -0.4 is 10.1 Å². The zero-order valence-electron chi connectivity index (χ0n) is 16.9. The van der Waals surface area contributed by atoms with Crippen molar-refractivity contribution in [3.8, 4) is 5.75 Å². The second-order valence-electron chi connectivity index (χ2n) is 7.48. The summed E-state index contributed by atoms with van der Waals surface area (Å²) in [5.74, 6) is 1.05. The largest absolute Gasteiger partial charge is 0.494 e. The number of hydrogen-bond acceptors (Lipinski definition) is 5. The number of rotatable bonds is 9. The smallest absolute Gasteiger partial charge is 0.252 e. The highest BCUT2D eigenvalue weighted by atomic mass is 16.5. The number of carbonyl (C=O) groups is 1. The fraction of sp³-hybridized carbons (Fsp3) is 0.391. The average molecular weight is 396 g/mol. The summed E-state index contributed by atoms with van der Waals surface area (Å²) in [6.07, 6.45) is 1.06. The molecule has 1 amide bonds. The Hall–Kier alpha value is -2.86. The predicted molar refractivity (Wildman–Crippen MR) is 112 cm³/mol. The van der Waals surface area contributed by atoms with E-state index in [1.807, 2.05) is 68.4 Å². The van der Waals surface area contributed by atoms with E-state index in [0.29, 0.717) is 31.1 Å². The molecule has 154 valence electrons. The molecule has 0 fully saturated rings. The molecule has 29 heavy (non-hydrogen) atoms. The van der Waals surface area contributed by atoms with Gasteiger partial charge in [0.2, 0.25) is 5.90 Å². The lowest BCUT2D eigenvalue weighted by Gasteiger charge is -2.24. The summed E-state index contributed by atoms with van der Waals surface area (Å²) >= 11 is 0. The molecule has 1 atom stereocenters. The normalized spacial score (nSPS) is 18.3. The van der Waals surface area contributed by atoms with Crippen LogP contribution in [0.15, 0.2) is 59.6 Å². The zero-order chi connectivity index (χ0) is 20.7. The fourth-order valence-electron chi connectivity index (χ4n) is 3.16. The monoisotopic (exact) mass is 396 g/mol. The standard InChI is InChI=1S/C23H28N2O4/c1-17(2)24-22(27)23(15-18-7-4-3-5-8-18)16-29-21(25-23)19-9-11-20(12-10-19)28-14-6-13-26/h3-5,7-12,17,26H,6,13-16H2,1-2H3,(H,24,27)/t23-/m1/s1. The van der Waals surface area contributed by atoms with Crippen molar-refractivity contribution >= 4 is 11.8 Å². The number of amides is 1. The lowest BCUT2D eigenvalue weighted by atomic mass is 9.91. The predicted octanol–water partition coefficient (Wildman–Crippen LogP) is 2.73. The van der Waals surface area contributed by atoms with Gasteiger partial charge in [-0.2, -0.15) is 0 Å². The lowest BCUT2D eigenvalue weighted by Crippen LogP contribution is -2.50. The third-order valence-electron chi connectivity index (χ3n) is 4.62. The molecule has 2 N–H and O–H groups in total. The van der Waals surface area contributed by atoms with E-state index in [2.05, 4.69) is 5.32 Å². The average Bonchev–Trinajstić information content (AvgIpc) is 3.14. The molecular weight excluding hydrogens is 368 g/mol. The molecular formula is C23H28N2O4. The van der Waals surface area contributed by atoms with Gasteiger partial charge >= 0.3 is 0 Å². The van der Waals surface area contributed by atoms with Crippen molar-refractivity contribution in [1.29, 1.82) is 0 Å². The topological polar surface area (TPSA) is 80.2 Å². The SMILES string of the molecule is CC(C)NC(=O)[C@@]1(Cc2ccccc2)COC(c2ccc(OCCCO)cc2)=N1. The second kappa shape index (κ2) is 9.56. The van der Waals surface area contributed by atoms with E-state index in [0.717, 1.165) is 11.1 Å². The van der Waals surface area contributed by atoms with Crippen molar-refractivity contribution in [1.82, 2.24) is 5.32 Å². The highest BCUT2D eigenvalue weighted by Crippen LogP contribution is 2.27. The van der Waals surface area contributed by atoms with Crippen LogP contribution in [0, 0.1) is 0 Å². The summed E-state index contributed by atoms with van der Waals surface area (Å²) in [4.78, 5) is 17.8. The Morgan fingerprint density at radius 2 is 1.93 bits per heavy atom. The molecule has 3 rings (SSSR count). The van der Waals surface area contributed by atoms with Gasteiger partial charge in [-0.3, -0.25) is 4.79 Å². The van der Waals surface area contributed by atoms with Crippen LogP contribution in [0.3, 0.4) is 0 Å². The lowest BCUT2D eigenvalue weighted by molar-refractivity contribution is -0.127. The fourth-order valence-corrected chi connectivity index (χ4v) is 3.16. The van der Waals surface area contributed by atoms with Crippen LogP contribution in [-0.2, 0) is 16.0 Å². The molecule has 1 aliphatic heterocycles. The Labute approximate surface area is 171 Å². The van der Waals surface area contributed by atoms with E-state index in [4.69, 9.17) is 19.6 Å². The minimum absolute atomic E-state index is 0.0183. The molecule has 2 aromatic carbocycles. The number of hydrogen-bond donors (Lipinski definition) is 2. The third-order valence-corrected chi connectivity index (χ3v) is 4.62. The Balaban J connectivity index is 1.82. The van der Waals surface area contributed by atoms with Gasteiger partial charge in [-0.15, -0.1) is 0 Å². The molecule has 0 aromatic heterocycles. The van der Waals surface area contributed by atoms with E-state index in [9.17, 15) is 4.79 Å². The second-order valence-corrected chi connectivity index (χ2v) is 7.48. The Kier molecular flexibility index (Phi) is 6.88. The first kappa shape index (κ1) is 20.9. The Morgan fingerprint density at radius 1 is 1.21 bits per heavy atom. The maximum atomic E-state index is 13.0. The molecule has 0 saturated heterocycles. The number of carbonyl (C=O) groups excluding carboxylic acids is 1. The van der Waals surface area contributed by atoms with Crippen LogP contribution in [-0.4, -0.2) is 48.3 Å². The molecule has 0 unspecified atom stereocenters. The number of nitrogens with zero attached hydrogens (tertiary/aromatic N) is 1. The number of aliphatic hydroxyl groups excluding tert-OH is 1. The van der Waals surface area contributed by atoms with Gasteiger partial charge < -0.3 is 19.9 Å². The third kappa shape index (κ3) is 5.35. The summed E-state index contributed by atoms with van der Waals surface area (Å²) in [5, 5.41) is 11.8. The summed E-state index contributed by atoms with van der Waals surface area (Å²) in [6.45, 7) is 4.63. The molecule has 0 saturated carbocycles. The van der Waals surface area contributed by atoms with Crippen molar-refractivity contribution in [2.24, 2.45) is 4.99 Å². The van der Waals surface area contributed by atoms with Crippen molar-refractivity contribution in [2.45, 2.75) is 38.3 Å². The zero-order valence-corrected chi connectivity index (χ0v) is 16.9. The molecule has 0 aliphatic carbocycles. The number of aliphatic hydroxyl groups is 1. The minimum atomic E-state index is -0.989. The van der Waals surface area contributed by atoms with Crippen molar-refractivity contribution in [2.75, 3.05) is 19.8 Å². The van der Waals surface area contributed by atoms with E-state index >= 15 is 0 Å². The maximum absolute atomic E-state index is 13.0. The molecule has 0 spiro atoms. The van der Waals surface area contributed by atoms with Gasteiger partial charge in [0.05, 0.1) is 6.61 Å². The summed E-state index contributed by atoms with van der Waals surface area (Å²) in [6, 6.07) is 17.3. The van der Waals surface area contributed by atoms with Gasteiger partial charge in [-0.25, -0.2) is 4.99 Å². The van der Waals surface area contributed by atoms with E-state index < -0.39 is 5.54 Å². The quantitative estimate of drug-likeness (QED) is 0.639. The summed E-state index contributed by atoms with van der Waals surface area (Å²) in [5.41, 5.74) is 0.844. The molecule has 6 heteroatoms. The first-order valence-electron chi connectivity index (χ1n) is 9.94. The summed E-state index contributed by atoms with van der Waals surface area (Å²) < 4.78 is 11.4. The van der Waals surface area contributed by atoms with E-state index in [1.165, 1.54) is 0 Å². The molecule has 2 aromatic rings. The molecule has 1 heterocycles. The van der Waals surface area contributed by atoms with Crippen LogP contribution >= 0.6 is 0 Å². The van der Waals surface area contributed by atoms with Gasteiger partial charge in [-0.05, 0) is 43.7 Å². The van der Waals surface area contributed by atoms with Crippen LogP contribution in [0.4, 0.5) is 0 Å². The molecule has 0 radical (unpaired) electrons. The van der Waals surface area contributed by atoms with E-state index in [-0.39, 0.29) is 25.2 Å². The first-order valence-corrected chi connectivity index (χ1v) is 9.94. The van der Waals surface area contributed by atoms with Crippen LogP contribution in [0.5, 0.6) is 5.75 Å². The summed E-state index contributed by atoms with van der Waals surface area (Å²) in [7, 11) is 0. The number of ether oxygens (including phenoxy) is 2.